The summed E-state index contributed by atoms with van der Waals surface area (Å²) in [4.78, 5) is 25.5. The number of carbonyl (C=O) groups is 1. The van der Waals surface area contributed by atoms with Gasteiger partial charge in [-0.2, -0.15) is 0 Å². The zero-order valence-electron chi connectivity index (χ0n) is 8.74. The number of aromatic nitrogens is 1. The van der Waals surface area contributed by atoms with E-state index < -0.39 is 0 Å². The molecule has 0 aliphatic rings. The Kier molecular flexibility index (Phi) is 4.05. The molecule has 15 heavy (non-hydrogen) atoms. The molecule has 1 rings (SSSR count). The molecule has 0 aromatic carbocycles. The van der Waals surface area contributed by atoms with E-state index in [-0.39, 0.29) is 22.9 Å². The second kappa shape index (κ2) is 5.31. The molecule has 0 saturated heterocycles. The number of pyridine rings is 1. The summed E-state index contributed by atoms with van der Waals surface area (Å²) in [5, 5.41) is 2.65. The Bertz CT molecular complexity index is 386. The molecule has 82 valence electrons. The van der Waals surface area contributed by atoms with Crippen molar-refractivity contribution in [3.63, 3.8) is 0 Å². The SMILES string of the molecule is COCC(C)NC(=O)c1c[nH]ccc1=O. The summed E-state index contributed by atoms with van der Waals surface area (Å²) in [5.41, 5.74) is -0.184. The largest absolute Gasteiger partial charge is 0.383 e. The number of aromatic amines is 1. The highest BCUT2D eigenvalue weighted by Gasteiger charge is 2.11. The van der Waals surface area contributed by atoms with Crippen LogP contribution >= 0.6 is 0 Å². The van der Waals surface area contributed by atoms with Crippen molar-refractivity contribution in [1.29, 1.82) is 0 Å². The first-order valence-electron chi connectivity index (χ1n) is 4.62. The number of carbonyl (C=O) groups excluding carboxylic acids is 1. The molecule has 1 aromatic rings. The third-order valence-corrected chi connectivity index (χ3v) is 1.86. The molecule has 0 aliphatic carbocycles. The number of hydrogen-bond donors (Lipinski definition) is 2. The molecular weight excluding hydrogens is 196 g/mol. The summed E-state index contributed by atoms with van der Waals surface area (Å²) in [7, 11) is 1.55. The lowest BCUT2D eigenvalue weighted by atomic mass is 10.2. The van der Waals surface area contributed by atoms with Crippen molar-refractivity contribution in [2.75, 3.05) is 13.7 Å². The van der Waals surface area contributed by atoms with Gasteiger partial charge < -0.3 is 15.0 Å². The molecule has 1 heterocycles. The van der Waals surface area contributed by atoms with Gasteiger partial charge in [-0.15, -0.1) is 0 Å². The van der Waals surface area contributed by atoms with Crippen molar-refractivity contribution in [2.24, 2.45) is 0 Å². The normalized spacial score (nSPS) is 12.1. The molecule has 5 nitrogen and oxygen atoms in total. The molecule has 1 amide bonds. The standard InChI is InChI=1S/C10H14N2O3/c1-7(6-15-2)12-10(14)8-5-11-4-3-9(8)13/h3-5,7H,6H2,1-2H3,(H,11,13)(H,12,14). The van der Waals surface area contributed by atoms with Crippen molar-refractivity contribution in [3.8, 4) is 0 Å². The summed E-state index contributed by atoms with van der Waals surface area (Å²) in [5.74, 6) is -0.388. The quantitative estimate of drug-likeness (QED) is 0.742. The van der Waals surface area contributed by atoms with Gasteiger partial charge in [0, 0.05) is 31.6 Å². The van der Waals surface area contributed by atoms with Crippen LogP contribution in [0.15, 0.2) is 23.3 Å². The Morgan fingerprint density at radius 3 is 3.00 bits per heavy atom. The van der Waals surface area contributed by atoms with Crippen molar-refractivity contribution in [1.82, 2.24) is 10.3 Å². The highest BCUT2D eigenvalue weighted by Crippen LogP contribution is 1.90. The predicted octanol–water partition coefficient (Wildman–Crippen LogP) is 0.140. The molecule has 0 radical (unpaired) electrons. The van der Waals surface area contributed by atoms with Gasteiger partial charge in [0.15, 0.2) is 5.43 Å². The molecule has 0 spiro atoms. The van der Waals surface area contributed by atoms with Crippen molar-refractivity contribution < 1.29 is 9.53 Å². The zero-order valence-corrected chi connectivity index (χ0v) is 8.74. The molecule has 1 atom stereocenters. The summed E-state index contributed by atoms with van der Waals surface area (Å²) in [6.45, 7) is 2.22. The van der Waals surface area contributed by atoms with Gasteiger partial charge in [-0.05, 0) is 6.92 Å². The molecule has 2 N–H and O–H groups in total. The van der Waals surface area contributed by atoms with Crippen LogP contribution in [0, 0.1) is 0 Å². The highest BCUT2D eigenvalue weighted by atomic mass is 16.5. The van der Waals surface area contributed by atoms with Crippen LogP contribution in [-0.2, 0) is 4.74 Å². The molecule has 1 aromatic heterocycles. The lowest BCUT2D eigenvalue weighted by Gasteiger charge is -2.11. The van der Waals surface area contributed by atoms with Crippen LogP contribution in [-0.4, -0.2) is 30.6 Å². The van der Waals surface area contributed by atoms with E-state index in [9.17, 15) is 9.59 Å². The van der Waals surface area contributed by atoms with E-state index in [1.807, 2.05) is 0 Å². The average Bonchev–Trinajstić information content (AvgIpc) is 2.18. The number of nitrogens with one attached hydrogen (secondary N) is 2. The Hall–Kier alpha value is -1.62. The van der Waals surface area contributed by atoms with Gasteiger partial charge in [0.1, 0.15) is 5.56 Å². The number of H-pyrrole nitrogens is 1. The molecule has 0 bridgehead atoms. The maximum atomic E-state index is 11.6. The van der Waals surface area contributed by atoms with Crippen LogP contribution in [0.5, 0.6) is 0 Å². The van der Waals surface area contributed by atoms with Crippen LogP contribution in [0.25, 0.3) is 0 Å². The van der Waals surface area contributed by atoms with Crippen molar-refractivity contribution in [3.05, 3.63) is 34.2 Å². The molecule has 0 aliphatic heterocycles. The minimum absolute atomic E-state index is 0.112. The van der Waals surface area contributed by atoms with Gasteiger partial charge in [-0.25, -0.2) is 0 Å². The fraction of sp³-hybridized carbons (Fsp3) is 0.400. The van der Waals surface area contributed by atoms with Crippen molar-refractivity contribution >= 4 is 5.91 Å². The summed E-state index contributed by atoms with van der Waals surface area (Å²) in [6, 6.07) is 1.19. The third kappa shape index (κ3) is 3.21. The summed E-state index contributed by atoms with van der Waals surface area (Å²) < 4.78 is 4.87. The minimum atomic E-state index is -0.388. The van der Waals surface area contributed by atoms with Gasteiger partial charge in [0.2, 0.25) is 0 Å². The number of rotatable bonds is 4. The summed E-state index contributed by atoms with van der Waals surface area (Å²) in [6.07, 6.45) is 2.87. The van der Waals surface area contributed by atoms with E-state index in [0.717, 1.165) is 0 Å². The fourth-order valence-electron chi connectivity index (χ4n) is 1.19. The minimum Gasteiger partial charge on any atom is -0.383 e. The second-order valence-corrected chi connectivity index (χ2v) is 3.25. The Morgan fingerprint density at radius 1 is 1.67 bits per heavy atom. The van der Waals surface area contributed by atoms with Crippen LogP contribution in [0.1, 0.15) is 17.3 Å². The van der Waals surface area contributed by atoms with E-state index in [0.29, 0.717) is 6.61 Å². The monoisotopic (exact) mass is 210 g/mol. The highest BCUT2D eigenvalue weighted by molar-refractivity contribution is 5.93. The van der Waals surface area contributed by atoms with Crippen LogP contribution in [0.2, 0.25) is 0 Å². The van der Waals surface area contributed by atoms with E-state index in [1.165, 1.54) is 18.5 Å². The van der Waals surface area contributed by atoms with E-state index in [1.54, 1.807) is 14.0 Å². The van der Waals surface area contributed by atoms with Gasteiger partial charge in [0.05, 0.1) is 6.61 Å². The number of ether oxygens (including phenoxy) is 1. The third-order valence-electron chi connectivity index (χ3n) is 1.86. The predicted molar refractivity (Wildman–Crippen MR) is 55.9 cm³/mol. The average molecular weight is 210 g/mol. The van der Waals surface area contributed by atoms with E-state index >= 15 is 0 Å². The lowest BCUT2D eigenvalue weighted by molar-refractivity contribution is 0.0904. The van der Waals surface area contributed by atoms with Crippen LogP contribution < -0.4 is 10.7 Å². The molecule has 1 unspecified atom stereocenters. The Balaban J connectivity index is 2.70. The van der Waals surface area contributed by atoms with Crippen molar-refractivity contribution in [2.45, 2.75) is 13.0 Å². The second-order valence-electron chi connectivity index (χ2n) is 3.25. The maximum Gasteiger partial charge on any atom is 0.257 e. The number of amides is 1. The van der Waals surface area contributed by atoms with Crippen LogP contribution in [0.4, 0.5) is 0 Å². The van der Waals surface area contributed by atoms with E-state index in [4.69, 9.17) is 4.74 Å². The first-order chi connectivity index (χ1) is 7.15. The number of methoxy groups -OCH3 is 1. The van der Waals surface area contributed by atoms with Crippen LogP contribution in [0.3, 0.4) is 0 Å². The van der Waals surface area contributed by atoms with Gasteiger partial charge in [0.25, 0.3) is 5.91 Å². The Labute approximate surface area is 87.5 Å². The molecule has 5 heteroatoms. The first-order valence-corrected chi connectivity index (χ1v) is 4.62. The molecule has 0 saturated carbocycles. The lowest BCUT2D eigenvalue weighted by Crippen LogP contribution is -2.37. The summed E-state index contributed by atoms with van der Waals surface area (Å²) >= 11 is 0. The van der Waals surface area contributed by atoms with Gasteiger partial charge in [-0.3, -0.25) is 9.59 Å². The zero-order chi connectivity index (χ0) is 11.3. The molecule has 0 fully saturated rings. The topological polar surface area (TPSA) is 71.2 Å². The fourth-order valence-corrected chi connectivity index (χ4v) is 1.19. The first kappa shape index (κ1) is 11.5. The van der Waals surface area contributed by atoms with Gasteiger partial charge in [-0.1, -0.05) is 0 Å². The smallest absolute Gasteiger partial charge is 0.257 e. The number of hydrogen-bond acceptors (Lipinski definition) is 3. The van der Waals surface area contributed by atoms with E-state index in [2.05, 4.69) is 10.3 Å². The molecular formula is C10H14N2O3. The van der Waals surface area contributed by atoms with Gasteiger partial charge >= 0.3 is 0 Å². The Morgan fingerprint density at radius 2 is 2.40 bits per heavy atom. The maximum absolute atomic E-state index is 11.6.